The van der Waals surface area contributed by atoms with Crippen molar-refractivity contribution in [2.24, 2.45) is 11.7 Å². The minimum Gasteiger partial charge on any atom is -0.329 e. The van der Waals surface area contributed by atoms with Gasteiger partial charge in [-0.05, 0) is 12.3 Å². The van der Waals surface area contributed by atoms with Crippen molar-refractivity contribution < 1.29 is 0 Å². The lowest BCUT2D eigenvalue weighted by molar-refractivity contribution is 0.145. The van der Waals surface area contributed by atoms with Gasteiger partial charge in [0.05, 0.1) is 0 Å². The molecule has 16 heavy (non-hydrogen) atoms. The lowest BCUT2D eigenvalue weighted by Crippen LogP contribution is -2.51. The van der Waals surface area contributed by atoms with E-state index in [2.05, 4.69) is 44.4 Å². The van der Waals surface area contributed by atoms with Gasteiger partial charge in [0.15, 0.2) is 0 Å². The van der Waals surface area contributed by atoms with Gasteiger partial charge >= 0.3 is 0 Å². The van der Waals surface area contributed by atoms with E-state index < -0.39 is 0 Å². The quantitative estimate of drug-likeness (QED) is 0.806. The highest BCUT2D eigenvalue weighted by Gasteiger charge is 2.29. The van der Waals surface area contributed by atoms with Crippen LogP contribution in [0.4, 0.5) is 0 Å². The van der Waals surface area contributed by atoms with Crippen LogP contribution < -0.4 is 5.73 Å². The second-order valence-corrected chi connectivity index (χ2v) is 7.16. The van der Waals surface area contributed by atoms with E-state index in [0.29, 0.717) is 6.04 Å². The Hall–Kier alpha value is 0.270. The maximum absolute atomic E-state index is 5.98. The molecule has 0 aromatic rings. The third-order valence-corrected chi connectivity index (χ3v) is 4.79. The zero-order valence-corrected chi connectivity index (χ0v) is 12.1. The minimum absolute atomic E-state index is 0.589. The second-order valence-electron chi connectivity index (χ2n) is 5.28. The van der Waals surface area contributed by atoms with Gasteiger partial charge in [-0.2, -0.15) is 11.8 Å². The van der Waals surface area contributed by atoms with Gasteiger partial charge in [0.2, 0.25) is 0 Å². The molecule has 0 spiro atoms. The van der Waals surface area contributed by atoms with Crippen LogP contribution >= 0.6 is 11.8 Å². The van der Waals surface area contributed by atoms with Crippen molar-refractivity contribution in [1.29, 1.82) is 0 Å². The van der Waals surface area contributed by atoms with Crippen molar-refractivity contribution in [3.63, 3.8) is 0 Å². The standard InChI is InChI=1S/C13H28N2S/c1-5-6-10(2)13(7-14)15-8-11(3)16-12(4)9-15/h10-13H,5-9,14H2,1-4H3. The van der Waals surface area contributed by atoms with Gasteiger partial charge < -0.3 is 5.73 Å². The summed E-state index contributed by atoms with van der Waals surface area (Å²) in [7, 11) is 0. The average molecular weight is 244 g/mol. The maximum atomic E-state index is 5.98. The van der Waals surface area contributed by atoms with Gasteiger partial charge in [-0.25, -0.2) is 0 Å². The van der Waals surface area contributed by atoms with E-state index >= 15 is 0 Å². The van der Waals surface area contributed by atoms with Gasteiger partial charge in [-0.1, -0.05) is 34.1 Å². The number of hydrogen-bond donors (Lipinski definition) is 1. The first-order valence-electron chi connectivity index (χ1n) is 6.68. The van der Waals surface area contributed by atoms with E-state index in [1.807, 2.05) is 0 Å². The Morgan fingerprint density at radius 1 is 1.31 bits per heavy atom. The summed E-state index contributed by atoms with van der Waals surface area (Å²) >= 11 is 2.12. The Labute approximate surface area is 105 Å². The number of thioether (sulfide) groups is 1. The Morgan fingerprint density at radius 3 is 2.31 bits per heavy atom. The molecule has 0 amide bonds. The molecule has 0 aliphatic carbocycles. The number of rotatable bonds is 5. The second kappa shape index (κ2) is 6.87. The number of nitrogens with two attached hydrogens (primary N) is 1. The molecule has 1 rings (SSSR count). The molecule has 1 saturated heterocycles. The molecule has 1 fully saturated rings. The van der Waals surface area contributed by atoms with Crippen LogP contribution in [0, 0.1) is 5.92 Å². The van der Waals surface area contributed by atoms with Crippen LogP contribution in [0.2, 0.25) is 0 Å². The van der Waals surface area contributed by atoms with Crippen LogP contribution in [0.15, 0.2) is 0 Å². The molecule has 0 bridgehead atoms. The first kappa shape index (κ1) is 14.3. The normalized spacial score (nSPS) is 31.3. The minimum atomic E-state index is 0.589. The van der Waals surface area contributed by atoms with Gasteiger partial charge in [0, 0.05) is 36.2 Å². The molecule has 4 unspecified atom stereocenters. The average Bonchev–Trinajstić information content (AvgIpc) is 2.17. The maximum Gasteiger partial charge on any atom is 0.0244 e. The largest absolute Gasteiger partial charge is 0.329 e. The summed E-state index contributed by atoms with van der Waals surface area (Å²) in [5, 5.41) is 1.51. The molecule has 0 aromatic heterocycles. The molecular weight excluding hydrogens is 216 g/mol. The predicted octanol–water partition coefficient (Wildman–Crippen LogP) is 2.58. The molecule has 1 heterocycles. The monoisotopic (exact) mass is 244 g/mol. The summed E-state index contributed by atoms with van der Waals surface area (Å²) in [6, 6.07) is 0.589. The fourth-order valence-corrected chi connectivity index (χ4v) is 4.23. The number of hydrogen-bond acceptors (Lipinski definition) is 3. The molecule has 3 heteroatoms. The number of nitrogens with zero attached hydrogens (tertiary/aromatic N) is 1. The molecule has 0 aromatic carbocycles. The Kier molecular flexibility index (Phi) is 6.16. The summed E-state index contributed by atoms with van der Waals surface area (Å²) in [5.74, 6) is 0.734. The predicted molar refractivity (Wildman–Crippen MR) is 75.0 cm³/mol. The van der Waals surface area contributed by atoms with E-state index in [0.717, 1.165) is 23.0 Å². The Balaban J connectivity index is 2.57. The lowest BCUT2D eigenvalue weighted by Gasteiger charge is -2.41. The fraction of sp³-hybridized carbons (Fsp3) is 1.00. The van der Waals surface area contributed by atoms with Crippen molar-refractivity contribution in [3.8, 4) is 0 Å². The summed E-state index contributed by atoms with van der Waals surface area (Å²) in [6.07, 6.45) is 2.57. The molecule has 4 atom stereocenters. The third-order valence-electron chi connectivity index (χ3n) is 3.56. The highest BCUT2D eigenvalue weighted by Crippen LogP contribution is 2.28. The van der Waals surface area contributed by atoms with Crippen LogP contribution in [-0.2, 0) is 0 Å². The highest BCUT2D eigenvalue weighted by molar-refractivity contribution is 8.00. The zero-order chi connectivity index (χ0) is 12.1. The van der Waals surface area contributed by atoms with Gasteiger partial charge in [-0.15, -0.1) is 0 Å². The van der Waals surface area contributed by atoms with Crippen molar-refractivity contribution in [2.75, 3.05) is 19.6 Å². The molecule has 1 aliphatic heterocycles. The molecule has 0 saturated carbocycles. The molecule has 0 radical (unpaired) electrons. The van der Waals surface area contributed by atoms with E-state index in [4.69, 9.17) is 5.73 Å². The first-order valence-corrected chi connectivity index (χ1v) is 7.62. The fourth-order valence-electron chi connectivity index (χ4n) is 2.88. The van der Waals surface area contributed by atoms with E-state index in [1.54, 1.807) is 0 Å². The Bertz CT molecular complexity index is 188. The summed E-state index contributed by atoms with van der Waals surface area (Å²) in [6.45, 7) is 12.5. The lowest BCUT2D eigenvalue weighted by atomic mass is 9.95. The Morgan fingerprint density at radius 2 is 1.88 bits per heavy atom. The highest BCUT2D eigenvalue weighted by atomic mass is 32.2. The topological polar surface area (TPSA) is 29.3 Å². The van der Waals surface area contributed by atoms with Crippen LogP contribution in [0.3, 0.4) is 0 Å². The first-order chi connectivity index (χ1) is 7.58. The van der Waals surface area contributed by atoms with Crippen molar-refractivity contribution >= 4 is 11.8 Å². The van der Waals surface area contributed by atoms with Crippen LogP contribution in [0.5, 0.6) is 0 Å². The molecule has 96 valence electrons. The van der Waals surface area contributed by atoms with Gasteiger partial charge in [-0.3, -0.25) is 4.90 Å². The zero-order valence-electron chi connectivity index (χ0n) is 11.3. The molecule has 1 aliphatic rings. The van der Waals surface area contributed by atoms with Crippen molar-refractivity contribution in [3.05, 3.63) is 0 Å². The van der Waals surface area contributed by atoms with Crippen molar-refractivity contribution in [1.82, 2.24) is 4.90 Å². The molecule has 2 nitrogen and oxygen atoms in total. The van der Waals surface area contributed by atoms with Crippen LogP contribution in [0.1, 0.15) is 40.5 Å². The van der Waals surface area contributed by atoms with Crippen LogP contribution in [-0.4, -0.2) is 41.1 Å². The summed E-state index contributed by atoms with van der Waals surface area (Å²) in [4.78, 5) is 2.63. The summed E-state index contributed by atoms with van der Waals surface area (Å²) < 4.78 is 0. The molecular formula is C13H28N2S. The third kappa shape index (κ3) is 3.94. The van der Waals surface area contributed by atoms with Crippen molar-refractivity contribution in [2.45, 2.75) is 57.1 Å². The van der Waals surface area contributed by atoms with E-state index in [9.17, 15) is 0 Å². The van der Waals surface area contributed by atoms with Gasteiger partial charge in [0.25, 0.3) is 0 Å². The van der Waals surface area contributed by atoms with E-state index in [-0.39, 0.29) is 0 Å². The summed E-state index contributed by atoms with van der Waals surface area (Å²) in [5.41, 5.74) is 5.98. The SMILES string of the molecule is CCCC(C)C(CN)N1CC(C)SC(C)C1. The smallest absolute Gasteiger partial charge is 0.0244 e. The van der Waals surface area contributed by atoms with E-state index in [1.165, 1.54) is 25.9 Å². The van der Waals surface area contributed by atoms with Gasteiger partial charge in [0.1, 0.15) is 0 Å². The molecule has 2 N–H and O–H groups in total. The van der Waals surface area contributed by atoms with Crippen LogP contribution in [0.25, 0.3) is 0 Å².